The van der Waals surface area contributed by atoms with E-state index in [4.69, 9.17) is 12.3 Å². The molecule has 1 heteroatoms. The van der Waals surface area contributed by atoms with Gasteiger partial charge in [0.05, 0.1) is 23.3 Å². The second-order valence-corrected chi connectivity index (χ2v) is 15.6. The first kappa shape index (κ1) is 23.3. The first-order valence-electron chi connectivity index (χ1n) is 28.7. The van der Waals surface area contributed by atoms with Gasteiger partial charge in [-0.2, -0.15) is 0 Å². The van der Waals surface area contributed by atoms with Crippen LogP contribution in [0, 0.1) is 0 Å². The highest BCUT2D eigenvalue weighted by molar-refractivity contribution is 5.90. The van der Waals surface area contributed by atoms with E-state index in [1.54, 1.807) is 42.5 Å². The average Bonchev–Trinajstić information content (AvgIpc) is 3.98. The van der Waals surface area contributed by atoms with Crippen LogP contribution in [-0.2, 0) is 5.41 Å². The number of hydrogen-bond acceptors (Lipinski definition) is 1. The molecule has 10 aromatic carbocycles. The maximum atomic E-state index is 9.72. The van der Waals surface area contributed by atoms with Crippen LogP contribution < -0.4 is 4.90 Å². The Balaban J connectivity index is 1.11. The van der Waals surface area contributed by atoms with E-state index in [0.717, 1.165) is 60.2 Å². The van der Waals surface area contributed by atoms with Gasteiger partial charge in [0, 0.05) is 22.5 Å². The van der Waals surface area contributed by atoms with Gasteiger partial charge in [0.2, 0.25) is 0 Å². The predicted octanol–water partition coefficient (Wildman–Crippen LogP) is 17.0. The van der Waals surface area contributed by atoms with Crippen LogP contribution in [-0.4, -0.2) is 0 Å². The van der Waals surface area contributed by atoms with Crippen molar-refractivity contribution >= 4 is 27.8 Å². The Bertz CT molecular complexity index is 4150. The van der Waals surface area contributed by atoms with E-state index < -0.39 is 142 Å². The molecule has 1 aliphatic rings. The van der Waals surface area contributed by atoms with Gasteiger partial charge in [0.25, 0.3) is 0 Å². The summed E-state index contributed by atoms with van der Waals surface area (Å²) in [5, 5.41) is 2.05. The zero-order valence-corrected chi connectivity index (χ0v) is 33.6. The van der Waals surface area contributed by atoms with Crippen molar-refractivity contribution < 1.29 is 23.3 Å². The summed E-state index contributed by atoms with van der Waals surface area (Å²) in [6, 6.07) is 29.5. The number of rotatable bonds is 8. The fraction of sp³-hybridized carbons (Fsp3) is 0.0492. The molecule has 62 heavy (non-hydrogen) atoms. The summed E-state index contributed by atoms with van der Waals surface area (Å²) in [5.41, 5.74) is 4.40. The molecular formula is C61H45N. The van der Waals surface area contributed by atoms with E-state index in [2.05, 4.69) is 32.0 Å². The second kappa shape index (κ2) is 15.4. The lowest BCUT2D eigenvalue weighted by Gasteiger charge is -2.27. The fourth-order valence-corrected chi connectivity index (χ4v) is 8.51. The Morgan fingerprint density at radius 2 is 0.823 bits per heavy atom. The Hall–Kier alpha value is -7.74. The van der Waals surface area contributed by atoms with E-state index >= 15 is 0 Å². The summed E-state index contributed by atoms with van der Waals surface area (Å²) in [6.45, 7) is 4.32. The Morgan fingerprint density at radius 1 is 0.339 bits per heavy atom. The average molecular weight is 809 g/mol. The third-order valence-corrected chi connectivity index (χ3v) is 11.5. The normalized spacial score (nSPS) is 16.3. The number of fused-ring (bicyclic) bond motifs is 4. The lowest BCUT2D eigenvalue weighted by molar-refractivity contribution is 0.662. The lowest BCUT2D eigenvalue weighted by atomic mass is 9.79. The van der Waals surface area contributed by atoms with E-state index in [9.17, 15) is 11.0 Å². The Morgan fingerprint density at radius 3 is 1.50 bits per heavy atom. The highest BCUT2D eigenvalue weighted by Gasteiger charge is 2.37. The molecular weight excluding hydrogens is 747 g/mol. The Kier molecular flexibility index (Phi) is 5.78. The maximum Gasteiger partial charge on any atom is 0.0645 e. The molecule has 0 fully saturated rings. The fourth-order valence-electron chi connectivity index (χ4n) is 8.51. The topological polar surface area (TPSA) is 3.24 Å². The van der Waals surface area contributed by atoms with Gasteiger partial charge in [-0.3, -0.25) is 0 Å². The molecule has 0 amide bonds. The maximum absolute atomic E-state index is 9.72. The summed E-state index contributed by atoms with van der Waals surface area (Å²) in [4.78, 5) is 1.15. The number of anilines is 3. The molecule has 0 N–H and O–H groups in total. The SMILES string of the molecule is [2H]c1c([2H])c([2H])c(-c2c([2H])c([2H])c(-c3c([2H])c([2H])c(N(c4ccc(-c5cccc6c5C(C)(C)c5ccccc5-6)cc4)c4c([2H])c([2H])c(-c5cccc(-c6ccc7ccccc7c6)c5)c([2H])c4[2H])c([2H])c3[2H])c([2H])c2[2H])c([2H])c1[2H]. The number of hydrogen-bond donors (Lipinski definition) is 0. The summed E-state index contributed by atoms with van der Waals surface area (Å²) in [6.07, 6.45) is 0. The molecule has 11 rings (SSSR count). The van der Waals surface area contributed by atoms with Crippen LogP contribution in [0.4, 0.5) is 17.1 Å². The molecule has 0 atom stereocenters. The monoisotopic (exact) mass is 808 g/mol. The summed E-state index contributed by atoms with van der Waals surface area (Å²) in [5.74, 6) is 0. The molecule has 0 spiro atoms. The standard InChI is InChI=1S/C61H45N/c1-61(2)59-21-9-8-18-57(59)58-20-11-19-56(60(58)61)48-32-38-55(39-33-48)62(53-34-28-46(29-35-53)45-24-22-44(23-25-45)42-12-4-3-5-13-42)54-36-30-47(31-37-54)50-16-10-17-51(40-50)52-27-26-43-14-6-7-15-49(43)41-52/h3-41H,1-2H3/i3D,4D,5D,12D,13D,22D,23D,24D,25D,28D,29D,30D,31D,34D,35D,36D,37D. The molecule has 0 aliphatic heterocycles. The molecule has 1 nitrogen and oxygen atoms in total. The summed E-state index contributed by atoms with van der Waals surface area (Å²) >= 11 is 0. The van der Waals surface area contributed by atoms with Gasteiger partial charge in [-0.15, -0.1) is 0 Å². The zero-order valence-electron chi connectivity index (χ0n) is 50.6. The smallest absolute Gasteiger partial charge is 0.0645 e. The van der Waals surface area contributed by atoms with Crippen LogP contribution in [0.25, 0.3) is 77.5 Å². The second-order valence-electron chi connectivity index (χ2n) is 15.6. The van der Waals surface area contributed by atoms with Crippen molar-refractivity contribution in [2.45, 2.75) is 19.3 Å². The molecule has 0 aromatic heterocycles. The molecule has 0 heterocycles. The van der Waals surface area contributed by atoms with Crippen LogP contribution in [0.2, 0.25) is 0 Å². The van der Waals surface area contributed by atoms with E-state index in [0.29, 0.717) is 5.56 Å². The van der Waals surface area contributed by atoms with Crippen LogP contribution in [0.5, 0.6) is 0 Å². The highest BCUT2D eigenvalue weighted by Crippen LogP contribution is 2.52. The van der Waals surface area contributed by atoms with E-state index in [-0.39, 0.29) is 11.3 Å². The quantitative estimate of drug-likeness (QED) is 0.148. The van der Waals surface area contributed by atoms with Crippen molar-refractivity contribution in [3.8, 4) is 66.8 Å². The molecule has 1 aliphatic carbocycles. The largest absolute Gasteiger partial charge is 0.311 e. The van der Waals surface area contributed by atoms with Crippen molar-refractivity contribution in [1.29, 1.82) is 0 Å². The molecule has 0 unspecified atom stereocenters. The molecule has 0 saturated heterocycles. The van der Waals surface area contributed by atoms with Gasteiger partial charge in [-0.1, -0.05) is 202 Å². The van der Waals surface area contributed by atoms with E-state index in [1.165, 1.54) is 0 Å². The van der Waals surface area contributed by atoms with Crippen molar-refractivity contribution in [2.75, 3.05) is 4.90 Å². The minimum Gasteiger partial charge on any atom is -0.311 e. The first-order chi connectivity index (χ1) is 37.6. The summed E-state index contributed by atoms with van der Waals surface area (Å²) < 4.78 is 155. The van der Waals surface area contributed by atoms with Crippen molar-refractivity contribution in [1.82, 2.24) is 0 Å². The zero-order chi connectivity index (χ0) is 56.4. The van der Waals surface area contributed by atoms with Crippen LogP contribution in [0.1, 0.15) is 48.3 Å². The molecule has 0 bridgehead atoms. The van der Waals surface area contributed by atoms with E-state index in [1.807, 2.05) is 72.8 Å². The third-order valence-electron chi connectivity index (χ3n) is 11.5. The number of benzene rings is 10. The van der Waals surface area contributed by atoms with Crippen molar-refractivity contribution in [3.63, 3.8) is 0 Å². The molecule has 294 valence electrons. The Labute approximate surface area is 388 Å². The van der Waals surface area contributed by atoms with Crippen LogP contribution in [0.3, 0.4) is 0 Å². The van der Waals surface area contributed by atoms with Crippen LogP contribution in [0.15, 0.2) is 236 Å². The highest BCUT2D eigenvalue weighted by atomic mass is 15.1. The molecule has 0 saturated carbocycles. The lowest BCUT2D eigenvalue weighted by Crippen LogP contribution is -2.16. The summed E-state index contributed by atoms with van der Waals surface area (Å²) in [7, 11) is 0. The predicted molar refractivity (Wildman–Crippen MR) is 263 cm³/mol. The minimum atomic E-state index is -0.873. The first-order valence-corrected chi connectivity index (χ1v) is 20.2. The van der Waals surface area contributed by atoms with Gasteiger partial charge < -0.3 is 4.90 Å². The number of nitrogens with zero attached hydrogens (tertiary/aromatic N) is 1. The van der Waals surface area contributed by atoms with Crippen molar-refractivity contribution in [2.24, 2.45) is 0 Å². The minimum absolute atomic E-state index is 0.0245. The molecule has 0 radical (unpaired) electrons. The molecule has 10 aromatic rings. The third kappa shape index (κ3) is 6.69. The van der Waals surface area contributed by atoms with Gasteiger partial charge in [-0.05, 0) is 137 Å². The van der Waals surface area contributed by atoms with Crippen molar-refractivity contribution in [3.05, 3.63) is 247 Å². The van der Waals surface area contributed by atoms with Gasteiger partial charge >= 0.3 is 0 Å². The van der Waals surface area contributed by atoms with Gasteiger partial charge in [-0.25, -0.2) is 0 Å². The van der Waals surface area contributed by atoms with Gasteiger partial charge in [0.1, 0.15) is 0 Å². The van der Waals surface area contributed by atoms with Crippen LogP contribution >= 0.6 is 0 Å². The van der Waals surface area contributed by atoms with Gasteiger partial charge in [0.15, 0.2) is 0 Å².